The van der Waals surface area contributed by atoms with E-state index in [1.54, 1.807) is 0 Å². The summed E-state index contributed by atoms with van der Waals surface area (Å²) in [6, 6.07) is 0. The van der Waals surface area contributed by atoms with E-state index in [2.05, 4.69) is 9.97 Å². The molecule has 0 spiro atoms. The van der Waals surface area contributed by atoms with E-state index < -0.39 is 0 Å². The van der Waals surface area contributed by atoms with Crippen LogP contribution in [-0.2, 0) is 4.74 Å². The fourth-order valence-corrected chi connectivity index (χ4v) is 1.31. The van der Waals surface area contributed by atoms with Crippen LogP contribution in [0, 0.1) is 5.82 Å². The molecular formula is C8H10FN3O. The minimum atomic E-state index is -0.371. The predicted molar refractivity (Wildman–Crippen MR) is 45.0 cm³/mol. The largest absolute Gasteiger partial charge is 0.378 e. The van der Waals surface area contributed by atoms with Crippen molar-refractivity contribution in [1.29, 1.82) is 0 Å². The highest BCUT2D eigenvalue weighted by atomic mass is 19.1. The highest BCUT2D eigenvalue weighted by Gasteiger charge is 2.15. The van der Waals surface area contributed by atoms with Crippen LogP contribution in [0.4, 0.5) is 10.2 Å². The SMILES string of the molecule is Fc1cncnc1N1CCOCC1. The van der Waals surface area contributed by atoms with Crippen molar-refractivity contribution < 1.29 is 9.13 Å². The topological polar surface area (TPSA) is 38.2 Å². The van der Waals surface area contributed by atoms with Crippen molar-refractivity contribution >= 4 is 5.82 Å². The van der Waals surface area contributed by atoms with Crippen LogP contribution in [0.25, 0.3) is 0 Å². The first-order valence-corrected chi connectivity index (χ1v) is 4.16. The molecule has 0 N–H and O–H groups in total. The zero-order chi connectivity index (χ0) is 9.10. The second-order valence-corrected chi connectivity index (χ2v) is 2.79. The molecule has 4 nitrogen and oxygen atoms in total. The summed E-state index contributed by atoms with van der Waals surface area (Å²) in [6.07, 6.45) is 2.53. The maximum Gasteiger partial charge on any atom is 0.183 e. The van der Waals surface area contributed by atoms with E-state index in [1.807, 2.05) is 4.90 Å². The Morgan fingerprint density at radius 3 is 2.85 bits per heavy atom. The minimum Gasteiger partial charge on any atom is -0.378 e. The van der Waals surface area contributed by atoms with Crippen molar-refractivity contribution in [3.63, 3.8) is 0 Å². The average molecular weight is 183 g/mol. The Hall–Kier alpha value is -1.23. The number of morpholine rings is 1. The number of hydrogen-bond donors (Lipinski definition) is 0. The van der Waals surface area contributed by atoms with Gasteiger partial charge in [-0.25, -0.2) is 14.4 Å². The molecule has 0 radical (unpaired) electrons. The Kier molecular flexibility index (Phi) is 2.35. The maximum absolute atomic E-state index is 13.2. The van der Waals surface area contributed by atoms with Crippen LogP contribution in [0.5, 0.6) is 0 Å². The third kappa shape index (κ3) is 1.75. The number of nitrogens with zero attached hydrogens (tertiary/aromatic N) is 3. The first-order chi connectivity index (χ1) is 6.38. The average Bonchev–Trinajstić information content (AvgIpc) is 2.20. The van der Waals surface area contributed by atoms with Gasteiger partial charge in [0.25, 0.3) is 0 Å². The number of anilines is 1. The van der Waals surface area contributed by atoms with E-state index in [0.717, 1.165) is 0 Å². The number of hydrogen-bond acceptors (Lipinski definition) is 4. The number of rotatable bonds is 1. The van der Waals surface area contributed by atoms with E-state index in [1.165, 1.54) is 12.5 Å². The molecule has 0 bridgehead atoms. The molecule has 0 aromatic carbocycles. The molecule has 0 unspecified atom stereocenters. The zero-order valence-electron chi connectivity index (χ0n) is 7.11. The fraction of sp³-hybridized carbons (Fsp3) is 0.500. The van der Waals surface area contributed by atoms with Gasteiger partial charge in [-0.05, 0) is 0 Å². The first-order valence-electron chi connectivity index (χ1n) is 4.16. The second-order valence-electron chi connectivity index (χ2n) is 2.79. The van der Waals surface area contributed by atoms with Gasteiger partial charge in [-0.1, -0.05) is 0 Å². The lowest BCUT2D eigenvalue weighted by Gasteiger charge is -2.27. The summed E-state index contributed by atoms with van der Waals surface area (Å²) < 4.78 is 18.3. The molecule has 1 aliphatic rings. The molecule has 2 rings (SSSR count). The van der Waals surface area contributed by atoms with Crippen molar-refractivity contribution in [2.45, 2.75) is 0 Å². The summed E-state index contributed by atoms with van der Waals surface area (Å²) in [5, 5.41) is 0. The Morgan fingerprint density at radius 1 is 1.38 bits per heavy atom. The minimum absolute atomic E-state index is 0.371. The number of halogens is 1. The van der Waals surface area contributed by atoms with Crippen LogP contribution in [0.2, 0.25) is 0 Å². The third-order valence-electron chi connectivity index (χ3n) is 1.96. The molecule has 0 atom stereocenters. The Balaban J connectivity index is 2.18. The highest BCUT2D eigenvalue weighted by Crippen LogP contribution is 2.14. The van der Waals surface area contributed by atoms with Crippen LogP contribution in [0.3, 0.4) is 0 Å². The Morgan fingerprint density at radius 2 is 2.15 bits per heavy atom. The van der Waals surface area contributed by atoms with E-state index >= 15 is 0 Å². The van der Waals surface area contributed by atoms with Crippen LogP contribution in [0.15, 0.2) is 12.5 Å². The van der Waals surface area contributed by atoms with Gasteiger partial charge in [-0.3, -0.25) is 0 Å². The molecule has 0 aliphatic carbocycles. The van der Waals surface area contributed by atoms with Gasteiger partial charge in [0.15, 0.2) is 11.6 Å². The molecule has 13 heavy (non-hydrogen) atoms. The maximum atomic E-state index is 13.2. The summed E-state index contributed by atoms with van der Waals surface area (Å²) in [7, 11) is 0. The quantitative estimate of drug-likeness (QED) is 0.633. The standard InChI is InChI=1S/C8H10FN3O/c9-7-5-10-6-11-8(7)12-1-3-13-4-2-12/h5-6H,1-4H2. The predicted octanol–water partition coefficient (Wildman–Crippen LogP) is 0.452. The van der Waals surface area contributed by atoms with Gasteiger partial charge in [0.1, 0.15) is 6.33 Å². The number of ether oxygens (including phenoxy) is 1. The lowest BCUT2D eigenvalue weighted by Crippen LogP contribution is -2.37. The van der Waals surface area contributed by atoms with Gasteiger partial charge in [0.05, 0.1) is 19.4 Å². The molecular weight excluding hydrogens is 173 g/mol. The second kappa shape index (κ2) is 3.66. The lowest BCUT2D eigenvalue weighted by atomic mass is 10.4. The van der Waals surface area contributed by atoms with Gasteiger partial charge in [-0.2, -0.15) is 0 Å². The Labute approximate surface area is 75.4 Å². The van der Waals surface area contributed by atoms with Crippen LogP contribution >= 0.6 is 0 Å². The Bertz CT molecular complexity index is 288. The number of aromatic nitrogens is 2. The normalized spacial score (nSPS) is 17.5. The molecule has 70 valence electrons. The zero-order valence-corrected chi connectivity index (χ0v) is 7.11. The highest BCUT2D eigenvalue weighted by molar-refractivity contribution is 5.38. The summed E-state index contributed by atoms with van der Waals surface area (Å²) in [6.45, 7) is 2.63. The molecule has 1 aliphatic heterocycles. The molecule has 1 saturated heterocycles. The van der Waals surface area contributed by atoms with Gasteiger partial charge >= 0.3 is 0 Å². The first kappa shape index (κ1) is 8.37. The molecule has 1 aromatic heterocycles. The summed E-state index contributed by atoms with van der Waals surface area (Å²) >= 11 is 0. The molecule has 5 heteroatoms. The van der Waals surface area contributed by atoms with Crippen molar-refractivity contribution in [3.05, 3.63) is 18.3 Å². The van der Waals surface area contributed by atoms with Crippen LogP contribution in [0.1, 0.15) is 0 Å². The van der Waals surface area contributed by atoms with E-state index in [-0.39, 0.29) is 5.82 Å². The lowest BCUT2D eigenvalue weighted by molar-refractivity contribution is 0.122. The fourth-order valence-electron chi connectivity index (χ4n) is 1.31. The van der Waals surface area contributed by atoms with E-state index in [4.69, 9.17) is 4.74 Å². The third-order valence-corrected chi connectivity index (χ3v) is 1.96. The smallest absolute Gasteiger partial charge is 0.183 e. The van der Waals surface area contributed by atoms with Crippen LogP contribution in [-0.4, -0.2) is 36.3 Å². The van der Waals surface area contributed by atoms with Crippen molar-refractivity contribution in [2.75, 3.05) is 31.2 Å². The summed E-state index contributed by atoms with van der Waals surface area (Å²) in [4.78, 5) is 9.34. The van der Waals surface area contributed by atoms with E-state index in [9.17, 15) is 4.39 Å². The van der Waals surface area contributed by atoms with Gasteiger partial charge in [0.2, 0.25) is 0 Å². The van der Waals surface area contributed by atoms with Crippen molar-refractivity contribution in [1.82, 2.24) is 9.97 Å². The van der Waals surface area contributed by atoms with Gasteiger partial charge in [0, 0.05) is 13.1 Å². The monoisotopic (exact) mass is 183 g/mol. The summed E-state index contributed by atoms with van der Waals surface area (Å²) in [5.41, 5.74) is 0. The molecule has 1 fully saturated rings. The van der Waals surface area contributed by atoms with Gasteiger partial charge < -0.3 is 9.64 Å². The molecule has 2 heterocycles. The van der Waals surface area contributed by atoms with Crippen molar-refractivity contribution in [3.8, 4) is 0 Å². The molecule has 0 amide bonds. The summed E-state index contributed by atoms with van der Waals surface area (Å²) in [5.74, 6) is 0.00250. The van der Waals surface area contributed by atoms with Crippen LogP contribution < -0.4 is 4.90 Å². The van der Waals surface area contributed by atoms with Gasteiger partial charge in [-0.15, -0.1) is 0 Å². The molecule has 1 aromatic rings. The van der Waals surface area contributed by atoms with E-state index in [0.29, 0.717) is 32.1 Å². The van der Waals surface area contributed by atoms with Crippen molar-refractivity contribution in [2.24, 2.45) is 0 Å². The molecule has 0 saturated carbocycles.